The van der Waals surface area contributed by atoms with Crippen LogP contribution in [0.4, 0.5) is 10.5 Å². The zero-order chi connectivity index (χ0) is 17.9. The molecule has 0 radical (unpaired) electrons. The summed E-state index contributed by atoms with van der Waals surface area (Å²) < 4.78 is 1.84. The predicted molar refractivity (Wildman–Crippen MR) is 106 cm³/mol. The summed E-state index contributed by atoms with van der Waals surface area (Å²) in [6.45, 7) is 0.492. The van der Waals surface area contributed by atoms with E-state index >= 15 is 0 Å². The molecule has 0 saturated heterocycles. The van der Waals surface area contributed by atoms with E-state index < -0.39 is 0 Å². The first kappa shape index (κ1) is 17.0. The van der Waals surface area contributed by atoms with Crippen molar-refractivity contribution in [3.05, 3.63) is 57.9 Å². The van der Waals surface area contributed by atoms with Crippen LogP contribution < -0.4 is 10.6 Å². The van der Waals surface area contributed by atoms with Crippen LogP contribution in [0, 0.1) is 0 Å². The van der Waals surface area contributed by atoms with Gasteiger partial charge in [0, 0.05) is 29.1 Å². The average Bonchev–Trinajstić information content (AvgIpc) is 3.32. The van der Waals surface area contributed by atoms with Crippen molar-refractivity contribution in [2.24, 2.45) is 0 Å². The van der Waals surface area contributed by atoms with Crippen molar-refractivity contribution in [1.82, 2.24) is 19.9 Å². The van der Waals surface area contributed by atoms with Crippen LogP contribution in [0.3, 0.4) is 0 Å². The predicted octanol–water partition coefficient (Wildman–Crippen LogP) is 4.54. The molecule has 26 heavy (non-hydrogen) atoms. The molecule has 3 aromatic heterocycles. The molecule has 0 atom stereocenters. The highest BCUT2D eigenvalue weighted by Crippen LogP contribution is 2.24. The number of rotatable bonds is 5. The molecule has 4 aromatic rings. The van der Waals surface area contributed by atoms with Gasteiger partial charge >= 0.3 is 6.03 Å². The minimum absolute atomic E-state index is 0.267. The van der Waals surface area contributed by atoms with Gasteiger partial charge in [-0.2, -0.15) is 4.98 Å². The standard InChI is InChI=1S/C17H14ClN5OS2/c18-11-3-1-4-12(9-11)20-16(24)19-7-6-13-10-26-17-21-15(22-23(13)17)14-5-2-8-25-14/h1-5,8-10H,6-7H2,(H2,19,20,24). The number of nitrogens with zero attached hydrogens (tertiary/aromatic N) is 3. The van der Waals surface area contributed by atoms with Gasteiger partial charge in [-0.25, -0.2) is 9.31 Å². The fourth-order valence-corrected chi connectivity index (χ4v) is 4.15. The van der Waals surface area contributed by atoms with Gasteiger partial charge in [-0.1, -0.05) is 23.7 Å². The van der Waals surface area contributed by atoms with Crippen molar-refractivity contribution < 1.29 is 4.79 Å². The Morgan fingerprint density at radius 1 is 1.23 bits per heavy atom. The zero-order valence-corrected chi connectivity index (χ0v) is 15.9. The maximum Gasteiger partial charge on any atom is 0.319 e. The maximum atomic E-state index is 12.0. The minimum atomic E-state index is -0.267. The number of hydrogen-bond donors (Lipinski definition) is 2. The van der Waals surface area contributed by atoms with Crippen LogP contribution in [0.2, 0.25) is 5.02 Å². The van der Waals surface area contributed by atoms with Crippen LogP contribution in [0.1, 0.15) is 5.69 Å². The average molecular weight is 404 g/mol. The Hall–Kier alpha value is -2.42. The van der Waals surface area contributed by atoms with E-state index in [-0.39, 0.29) is 6.03 Å². The molecule has 9 heteroatoms. The highest BCUT2D eigenvalue weighted by Gasteiger charge is 2.12. The van der Waals surface area contributed by atoms with E-state index in [0.717, 1.165) is 21.4 Å². The Morgan fingerprint density at radius 2 is 2.15 bits per heavy atom. The van der Waals surface area contributed by atoms with Gasteiger partial charge in [0.2, 0.25) is 4.96 Å². The van der Waals surface area contributed by atoms with E-state index in [1.807, 2.05) is 27.4 Å². The van der Waals surface area contributed by atoms with Gasteiger partial charge in [-0.3, -0.25) is 0 Å². The lowest BCUT2D eigenvalue weighted by molar-refractivity contribution is 0.252. The van der Waals surface area contributed by atoms with Gasteiger partial charge in [0.05, 0.1) is 10.6 Å². The number of carbonyl (C=O) groups is 1. The van der Waals surface area contributed by atoms with Crippen molar-refractivity contribution in [2.75, 3.05) is 11.9 Å². The van der Waals surface area contributed by atoms with Crippen molar-refractivity contribution in [3.8, 4) is 10.7 Å². The summed E-state index contributed by atoms with van der Waals surface area (Å²) in [4.78, 5) is 18.4. The van der Waals surface area contributed by atoms with Crippen LogP contribution >= 0.6 is 34.3 Å². The van der Waals surface area contributed by atoms with Gasteiger partial charge in [-0.15, -0.1) is 27.8 Å². The van der Waals surface area contributed by atoms with Crippen molar-refractivity contribution >= 4 is 51.0 Å². The molecule has 1 aromatic carbocycles. The maximum absolute atomic E-state index is 12.0. The first-order chi connectivity index (χ1) is 12.7. The van der Waals surface area contributed by atoms with Crippen LogP contribution in [0.15, 0.2) is 47.2 Å². The Kier molecular flexibility index (Phi) is 4.87. The second kappa shape index (κ2) is 7.45. The topological polar surface area (TPSA) is 71.3 Å². The second-order valence-electron chi connectivity index (χ2n) is 5.48. The fourth-order valence-electron chi connectivity index (χ4n) is 2.45. The lowest BCUT2D eigenvalue weighted by Crippen LogP contribution is -2.30. The van der Waals surface area contributed by atoms with Crippen LogP contribution in [0.5, 0.6) is 0 Å². The van der Waals surface area contributed by atoms with Crippen LogP contribution in [0.25, 0.3) is 15.7 Å². The van der Waals surface area contributed by atoms with Gasteiger partial charge in [-0.05, 0) is 29.6 Å². The third-order valence-corrected chi connectivity index (χ3v) is 5.61. The Morgan fingerprint density at radius 3 is 2.96 bits per heavy atom. The normalized spacial score (nSPS) is 11.0. The van der Waals surface area contributed by atoms with E-state index in [2.05, 4.69) is 20.7 Å². The summed E-state index contributed by atoms with van der Waals surface area (Å²) in [5.41, 5.74) is 1.67. The number of hydrogen-bond acceptors (Lipinski definition) is 5. The fraction of sp³-hybridized carbons (Fsp3) is 0.118. The zero-order valence-electron chi connectivity index (χ0n) is 13.5. The number of fused-ring (bicyclic) bond motifs is 1. The Labute approximate surface area is 162 Å². The lowest BCUT2D eigenvalue weighted by Gasteiger charge is -2.07. The van der Waals surface area contributed by atoms with Crippen molar-refractivity contribution in [1.29, 1.82) is 0 Å². The number of halogens is 1. The third kappa shape index (κ3) is 3.72. The highest BCUT2D eigenvalue weighted by atomic mass is 35.5. The third-order valence-electron chi connectivity index (χ3n) is 3.64. The Balaban J connectivity index is 1.36. The molecule has 0 bridgehead atoms. The number of aromatic nitrogens is 3. The van der Waals surface area contributed by atoms with Gasteiger partial charge < -0.3 is 10.6 Å². The summed E-state index contributed by atoms with van der Waals surface area (Å²) >= 11 is 9.07. The summed E-state index contributed by atoms with van der Waals surface area (Å²) in [5.74, 6) is 0.736. The van der Waals surface area contributed by atoms with Gasteiger partial charge in [0.25, 0.3) is 0 Å². The number of thiazole rings is 1. The molecule has 132 valence electrons. The summed E-state index contributed by atoms with van der Waals surface area (Å²) in [7, 11) is 0. The van der Waals surface area contributed by atoms with E-state index in [4.69, 9.17) is 11.6 Å². The second-order valence-corrected chi connectivity index (χ2v) is 7.70. The number of nitrogens with one attached hydrogen (secondary N) is 2. The van der Waals surface area contributed by atoms with Crippen molar-refractivity contribution in [3.63, 3.8) is 0 Å². The molecule has 0 aliphatic rings. The molecule has 0 spiro atoms. The first-order valence-corrected chi connectivity index (χ1v) is 10.0. The molecule has 2 amide bonds. The Bertz CT molecular complexity index is 1040. The number of amides is 2. The van der Waals surface area contributed by atoms with Crippen molar-refractivity contribution in [2.45, 2.75) is 6.42 Å². The first-order valence-electron chi connectivity index (χ1n) is 7.86. The van der Waals surface area contributed by atoms with Crippen LogP contribution in [-0.4, -0.2) is 27.2 Å². The summed E-state index contributed by atoms with van der Waals surface area (Å²) in [5, 5.41) is 14.8. The van der Waals surface area contributed by atoms with Gasteiger partial charge in [0.1, 0.15) is 0 Å². The van der Waals surface area contributed by atoms with E-state index in [0.29, 0.717) is 23.7 Å². The molecule has 0 unspecified atom stereocenters. The van der Waals surface area contributed by atoms with Gasteiger partial charge in [0.15, 0.2) is 5.82 Å². The number of benzene rings is 1. The molecule has 4 rings (SSSR count). The molecular weight excluding hydrogens is 390 g/mol. The SMILES string of the molecule is O=C(NCCc1csc2nc(-c3cccs3)nn12)Nc1cccc(Cl)c1. The lowest BCUT2D eigenvalue weighted by atomic mass is 10.3. The number of carbonyl (C=O) groups excluding carboxylic acids is 1. The van der Waals surface area contributed by atoms with E-state index in [1.54, 1.807) is 46.9 Å². The number of anilines is 1. The quantitative estimate of drug-likeness (QED) is 0.514. The smallest absolute Gasteiger partial charge is 0.319 e. The summed E-state index contributed by atoms with van der Waals surface area (Å²) in [6.07, 6.45) is 0.663. The number of urea groups is 1. The van der Waals surface area contributed by atoms with Crippen LogP contribution in [-0.2, 0) is 6.42 Å². The molecule has 3 heterocycles. The largest absolute Gasteiger partial charge is 0.337 e. The molecule has 0 saturated carbocycles. The minimum Gasteiger partial charge on any atom is -0.337 e. The monoisotopic (exact) mass is 403 g/mol. The summed E-state index contributed by atoms with van der Waals surface area (Å²) in [6, 6.07) is 10.8. The van der Waals surface area contributed by atoms with E-state index in [9.17, 15) is 4.79 Å². The molecule has 6 nitrogen and oxygen atoms in total. The molecular formula is C17H14ClN5OS2. The molecule has 0 fully saturated rings. The van der Waals surface area contributed by atoms with E-state index in [1.165, 1.54) is 0 Å². The highest BCUT2D eigenvalue weighted by molar-refractivity contribution is 7.15. The molecule has 2 N–H and O–H groups in total. The molecule has 0 aliphatic heterocycles. The number of thiophene rings is 1. The molecule has 0 aliphatic carbocycles.